The Labute approximate surface area is 153 Å². The molecular formula is C15H24O12. The SMILES string of the molecule is C[C@@]1(C(=O)O)OC[C@H]2O[C@@H](O[C@H]3[C@H]([C@H](O)CO)OC[C@@H]3O)[C@H](O)[C@@H](O)[C@H]2O1. The van der Waals surface area contributed by atoms with Crippen molar-refractivity contribution in [3.05, 3.63) is 0 Å². The molecule has 12 heteroatoms. The largest absolute Gasteiger partial charge is 0.477 e. The van der Waals surface area contributed by atoms with Crippen LogP contribution in [0.5, 0.6) is 0 Å². The van der Waals surface area contributed by atoms with E-state index in [4.69, 9.17) is 33.9 Å². The maximum atomic E-state index is 11.3. The molecule has 3 aliphatic rings. The normalized spacial score (nSPS) is 48.8. The second kappa shape index (κ2) is 7.83. The van der Waals surface area contributed by atoms with Crippen LogP contribution in [0.15, 0.2) is 0 Å². The zero-order chi connectivity index (χ0) is 19.9. The van der Waals surface area contributed by atoms with Crippen LogP contribution in [0.2, 0.25) is 0 Å². The summed E-state index contributed by atoms with van der Waals surface area (Å²) in [6.07, 6.45) is -11.4. The second-order valence-electron chi connectivity index (χ2n) is 6.88. The molecule has 3 saturated heterocycles. The van der Waals surface area contributed by atoms with E-state index < -0.39 is 73.5 Å². The van der Waals surface area contributed by atoms with Crippen LogP contribution in [0.25, 0.3) is 0 Å². The first kappa shape index (κ1) is 20.8. The van der Waals surface area contributed by atoms with Crippen molar-refractivity contribution < 1.29 is 59.1 Å². The van der Waals surface area contributed by atoms with E-state index in [-0.39, 0.29) is 13.2 Å². The molecule has 0 radical (unpaired) electrons. The van der Waals surface area contributed by atoms with Gasteiger partial charge < -0.3 is 54.3 Å². The van der Waals surface area contributed by atoms with Gasteiger partial charge in [0.05, 0.1) is 19.8 Å². The summed E-state index contributed by atoms with van der Waals surface area (Å²) in [6.45, 7) is 0.130. The topological polar surface area (TPSA) is 185 Å². The van der Waals surface area contributed by atoms with Crippen LogP contribution < -0.4 is 0 Å². The lowest BCUT2D eigenvalue weighted by molar-refractivity contribution is -0.385. The molecule has 27 heavy (non-hydrogen) atoms. The highest BCUT2D eigenvalue weighted by Gasteiger charge is 2.55. The predicted molar refractivity (Wildman–Crippen MR) is 81.3 cm³/mol. The Morgan fingerprint density at radius 1 is 1.26 bits per heavy atom. The molecule has 3 fully saturated rings. The number of carboxylic acids is 1. The molecular weight excluding hydrogens is 372 g/mol. The van der Waals surface area contributed by atoms with Gasteiger partial charge in [0.2, 0.25) is 0 Å². The highest BCUT2D eigenvalue weighted by molar-refractivity contribution is 5.75. The smallest absolute Gasteiger partial charge is 0.364 e. The second-order valence-corrected chi connectivity index (χ2v) is 6.88. The number of fused-ring (bicyclic) bond motifs is 1. The van der Waals surface area contributed by atoms with Gasteiger partial charge in [0.1, 0.15) is 48.8 Å². The fourth-order valence-electron chi connectivity index (χ4n) is 3.32. The summed E-state index contributed by atoms with van der Waals surface area (Å²) < 4.78 is 26.7. The first-order valence-electron chi connectivity index (χ1n) is 8.48. The van der Waals surface area contributed by atoms with Gasteiger partial charge in [-0.25, -0.2) is 4.79 Å². The Morgan fingerprint density at radius 2 is 1.96 bits per heavy atom. The third kappa shape index (κ3) is 3.82. The zero-order valence-corrected chi connectivity index (χ0v) is 14.5. The molecule has 0 bridgehead atoms. The molecule has 10 atom stereocenters. The molecule has 0 saturated carbocycles. The van der Waals surface area contributed by atoms with Crippen LogP contribution in [0.1, 0.15) is 6.92 Å². The van der Waals surface area contributed by atoms with E-state index in [0.29, 0.717) is 0 Å². The Balaban J connectivity index is 1.70. The number of carboxylic acid groups (broad SMARTS) is 1. The molecule has 3 rings (SSSR count). The number of rotatable bonds is 5. The highest BCUT2D eigenvalue weighted by Crippen LogP contribution is 2.34. The van der Waals surface area contributed by atoms with Gasteiger partial charge in [-0.15, -0.1) is 0 Å². The Kier molecular flexibility index (Phi) is 6.03. The van der Waals surface area contributed by atoms with Crippen LogP contribution in [0.3, 0.4) is 0 Å². The van der Waals surface area contributed by atoms with Crippen LogP contribution >= 0.6 is 0 Å². The van der Waals surface area contributed by atoms with Crippen molar-refractivity contribution in [2.45, 2.75) is 67.8 Å². The van der Waals surface area contributed by atoms with Gasteiger partial charge in [-0.05, 0) is 0 Å². The number of aliphatic carboxylic acids is 1. The standard InChI is InChI=1S/C15H24O12/c1-15(14(21)22)24-4-7-12(27-15)8(19)9(20)13(25-7)26-11-6(18)3-23-10(11)5(17)2-16/h5-13,16-20H,2-4H2,1H3,(H,21,22)/t5-,6+,7-,8-,9-,10+,11-,12+,13+,15-/m1/s1. The van der Waals surface area contributed by atoms with Gasteiger partial charge in [0.15, 0.2) is 6.29 Å². The summed E-state index contributed by atoms with van der Waals surface area (Å²) in [7, 11) is 0. The molecule has 0 aromatic heterocycles. The van der Waals surface area contributed by atoms with Crippen molar-refractivity contribution in [1.29, 1.82) is 0 Å². The molecule has 3 aliphatic heterocycles. The Hall–Kier alpha value is -0.930. The third-order valence-electron chi connectivity index (χ3n) is 4.93. The average Bonchev–Trinajstić information content (AvgIpc) is 3.00. The lowest BCUT2D eigenvalue weighted by Crippen LogP contribution is -2.67. The summed E-state index contributed by atoms with van der Waals surface area (Å²) >= 11 is 0. The van der Waals surface area contributed by atoms with E-state index in [1.165, 1.54) is 6.92 Å². The Morgan fingerprint density at radius 3 is 2.59 bits per heavy atom. The lowest BCUT2D eigenvalue weighted by atomic mass is 9.97. The minimum absolute atomic E-state index is 0.160. The van der Waals surface area contributed by atoms with Gasteiger partial charge in [-0.2, -0.15) is 0 Å². The fourth-order valence-corrected chi connectivity index (χ4v) is 3.32. The van der Waals surface area contributed by atoms with Crippen molar-refractivity contribution in [1.82, 2.24) is 0 Å². The van der Waals surface area contributed by atoms with Gasteiger partial charge in [0.25, 0.3) is 5.79 Å². The maximum Gasteiger partial charge on any atom is 0.364 e. The van der Waals surface area contributed by atoms with Gasteiger partial charge in [-0.1, -0.05) is 0 Å². The van der Waals surface area contributed by atoms with Gasteiger partial charge >= 0.3 is 5.97 Å². The maximum absolute atomic E-state index is 11.3. The van der Waals surface area contributed by atoms with Crippen LogP contribution in [-0.2, 0) is 28.5 Å². The van der Waals surface area contributed by atoms with Crippen molar-refractivity contribution in [3.63, 3.8) is 0 Å². The van der Waals surface area contributed by atoms with E-state index in [0.717, 1.165) is 0 Å². The molecule has 0 spiro atoms. The Bertz CT molecular complexity index is 543. The number of hydrogen-bond donors (Lipinski definition) is 6. The van der Waals surface area contributed by atoms with Crippen molar-refractivity contribution in [2.24, 2.45) is 0 Å². The summed E-state index contributed by atoms with van der Waals surface area (Å²) in [4.78, 5) is 11.3. The molecule has 156 valence electrons. The summed E-state index contributed by atoms with van der Waals surface area (Å²) in [5.41, 5.74) is 0. The molecule has 3 heterocycles. The van der Waals surface area contributed by atoms with E-state index in [1.807, 2.05) is 0 Å². The fraction of sp³-hybridized carbons (Fsp3) is 0.933. The summed E-state index contributed by atoms with van der Waals surface area (Å²) in [5.74, 6) is -3.39. The monoisotopic (exact) mass is 396 g/mol. The molecule has 0 aliphatic carbocycles. The number of ether oxygens (including phenoxy) is 5. The molecule has 12 nitrogen and oxygen atoms in total. The van der Waals surface area contributed by atoms with E-state index in [2.05, 4.69) is 0 Å². The molecule has 0 unspecified atom stereocenters. The molecule has 0 aromatic carbocycles. The minimum Gasteiger partial charge on any atom is -0.477 e. The first-order valence-corrected chi connectivity index (χ1v) is 8.48. The van der Waals surface area contributed by atoms with E-state index in [1.54, 1.807) is 0 Å². The summed E-state index contributed by atoms with van der Waals surface area (Å²) in [6, 6.07) is 0. The first-order chi connectivity index (χ1) is 12.7. The van der Waals surface area contributed by atoms with E-state index in [9.17, 15) is 25.2 Å². The predicted octanol–water partition coefficient (Wildman–Crippen LogP) is -3.85. The molecule has 0 amide bonds. The van der Waals surface area contributed by atoms with Crippen molar-refractivity contribution in [3.8, 4) is 0 Å². The minimum atomic E-state index is -2.00. The van der Waals surface area contributed by atoms with E-state index >= 15 is 0 Å². The number of carbonyl (C=O) groups is 1. The number of aliphatic hydroxyl groups excluding tert-OH is 5. The lowest BCUT2D eigenvalue weighted by Gasteiger charge is -2.48. The van der Waals surface area contributed by atoms with Crippen LogP contribution in [-0.4, -0.2) is 117 Å². The number of hydrogen-bond acceptors (Lipinski definition) is 11. The van der Waals surface area contributed by atoms with Gasteiger partial charge in [-0.3, -0.25) is 0 Å². The zero-order valence-electron chi connectivity index (χ0n) is 14.5. The number of aliphatic hydroxyl groups is 5. The van der Waals surface area contributed by atoms with Crippen molar-refractivity contribution >= 4 is 5.97 Å². The highest BCUT2D eigenvalue weighted by atomic mass is 16.8. The molecule has 0 aromatic rings. The van der Waals surface area contributed by atoms with Gasteiger partial charge in [0, 0.05) is 6.92 Å². The summed E-state index contributed by atoms with van der Waals surface area (Å²) in [5, 5.41) is 58.7. The quantitative estimate of drug-likeness (QED) is 0.266. The van der Waals surface area contributed by atoms with Crippen molar-refractivity contribution in [2.75, 3.05) is 19.8 Å². The molecule has 6 N–H and O–H groups in total. The third-order valence-corrected chi connectivity index (χ3v) is 4.93. The average molecular weight is 396 g/mol. The van der Waals surface area contributed by atoms with Crippen LogP contribution in [0.4, 0.5) is 0 Å². The van der Waals surface area contributed by atoms with Crippen LogP contribution in [0, 0.1) is 0 Å².